The van der Waals surface area contributed by atoms with Gasteiger partial charge in [-0.1, -0.05) is 24.6 Å². The highest BCUT2D eigenvalue weighted by Crippen LogP contribution is 2.27. The van der Waals surface area contributed by atoms with Crippen LogP contribution in [-0.4, -0.2) is 25.7 Å². The first-order valence-electron chi connectivity index (χ1n) is 7.50. The van der Waals surface area contributed by atoms with Crippen LogP contribution in [-0.2, 0) is 6.42 Å². The molecule has 1 N–H and O–H groups in total. The molecule has 0 radical (unpaired) electrons. The van der Waals surface area contributed by atoms with E-state index < -0.39 is 0 Å². The normalized spacial score (nSPS) is 23.1. The van der Waals surface area contributed by atoms with Crippen LogP contribution < -0.4 is 10.2 Å². The van der Waals surface area contributed by atoms with Gasteiger partial charge < -0.3 is 10.2 Å². The van der Waals surface area contributed by atoms with E-state index in [4.69, 9.17) is 0 Å². The SMILES string of the molecule is c1ccc2c(c1)CCN2CCCC1CCCCN1. The van der Waals surface area contributed by atoms with Crippen LogP contribution in [0.25, 0.3) is 0 Å². The predicted molar refractivity (Wildman–Crippen MR) is 77.2 cm³/mol. The number of anilines is 1. The quantitative estimate of drug-likeness (QED) is 0.876. The van der Waals surface area contributed by atoms with E-state index in [0.717, 1.165) is 6.04 Å². The smallest absolute Gasteiger partial charge is 0.0399 e. The fourth-order valence-corrected chi connectivity index (χ4v) is 3.34. The summed E-state index contributed by atoms with van der Waals surface area (Å²) in [6.07, 6.45) is 8.08. The summed E-state index contributed by atoms with van der Waals surface area (Å²) in [4.78, 5) is 2.57. The van der Waals surface area contributed by atoms with Gasteiger partial charge in [-0.3, -0.25) is 0 Å². The fourth-order valence-electron chi connectivity index (χ4n) is 3.34. The van der Waals surface area contributed by atoms with Crippen LogP contribution >= 0.6 is 0 Å². The molecule has 2 aliphatic rings. The average Bonchev–Trinajstić information content (AvgIpc) is 2.84. The molecular formula is C16H24N2. The van der Waals surface area contributed by atoms with Crippen molar-refractivity contribution in [2.45, 2.75) is 44.6 Å². The highest BCUT2D eigenvalue weighted by molar-refractivity contribution is 5.57. The van der Waals surface area contributed by atoms with Gasteiger partial charge in [-0.2, -0.15) is 0 Å². The van der Waals surface area contributed by atoms with Crippen LogP contribution in [0, 0.1) is 0 Å². The number of para-hydroxylation sites is 1. The molecule has 0 bridgehead atoms. The Hall–Kier alpha value is -1.02. The molecule has 2 nitrogen and oxygen atoms in total. The summed E-state index contributed by atoms with van der Waals surface area (Å²) in [5, 5.41) is 3.65. The minimum atomic E-state index is 0.789. The summed E-state index contributed by atoms with van der Waals surface area (Å²) < 4.78 is 0. The van der Waals surface area contributed by atoms with Crippen LogP contribution in [0.2, 0.25) is 0 Å². The molecule has 1 aromatic rings. The van der Waals surface area contributed by atoms with Crippen molar-refractivity contribution in [3.63, 3.8) is 0 Å². The van der Waals surface area contributed by atoms with Gasteiger partial charge in [-0.05, 0) is 50.3 Å². The zero-order valence-electron chi connectivity index (χ0n) is 11.2. The summed E-state index contributed by atoms with van der Waals surface area (Å²) >= 11 is 0. The Morgan fingerprint density at radius 1 is 1.22 bits per heavy atom. The summed E-state index contributed by atoms with van der Waals surface area (Å²) in [6.45, 7) is 3.68. The molecule has 1 fully saturated rings. The first-order chi connectivity index (χ1) is 8.93. The molecule has 0 amide bonds. The molecule has 18 heavy (non-hydrogen) atoms. The van der Waals surface area contributed by atoms with Crippen molar-refractivity contribution >= 4 is 5.69 Å². The highest BCUT2D eigenvalue weighted by Gasteiger charge is 2.18. The lowest BCUT2D eigenvalue weighted by Gasteiger charge is -2.25. The maximum Gasteiger partial charge on any atom is 0.0399 e. The van der Waals surface area contributed by atoms with Gasteiger partial charge in [0.05, 0.1) is 0 Å². The number of nitrogens with one attached hydrogen (secondary N) is 1. The van der Waals surface area contributed by atoms with E-state index in [0.29, 0.717) is 0 Å². The molecule has 2 aliphatic heterocycles. The molecule has 0 aromatic heterocycles. The molecule has 0 spiro atoms. The van der Waals surface area contributed by atoms with Crippen molar-refractivity contribution in [3.05, 3.63) is 29.8 Å². The van der Waals surface area contributed by atoms with E-state index in [1.807, 2.05) is 0 Å². The predicted octanol–water partition coefficient (Wildman–Crippen LogP) is 2.97. The van der Waals surface area contributed by atoms with Crippen LogP contribution in [0.4, 0.5) is 5.69 Å². The van der Waals surface area contributed by atoms with Gasteiger partial charge >= 0.3 is 0 Å². The van der Waals surface area contributed by atoms with Gasteiger partial charge in [0.2, 0.25) is 0 Å². The summed E-state index contributed by atoms with van der Waals surface area (Å²) in [6, 6.07) is 9.67. The molecule has 98 valence electrons. The second-order valence-corrected chi connectivity index (χ2v) is 5.65. The van der Waals surface area contributed by atoms with E-state index in [1.165, 1.54) is 69.4 Å². The topological polar surface area (TPSA) is 15.3 Å². The first kappa shape index (κ1) is 12.0. The number of nitrogens with zero attached hydrogens (tertiary/aromatic N) is 1. The second kappa shape index (κ2) is 5.75. The molecule has 1 atom stereocenters. The third-order valence-electron chi connectivity index (χ3n) is 4.38. The minimum Gasteiger partial charge on any atom is -0.371 e. The highest BCUT2D eigenvalue weighted by atomic mass is 15.1. The first-order valence-corrected chi connectivity index (χ1v) is 7.50. The van der Waals surface area contributed by atoms with Crippen LogP contribution in [0.3, 0.4) is 0 Å². The Bertz CT molecular complexity index is 382. The van der Waals surface area contributed by atoms with E-state index in [9.17, 15) is 0 Å². The lowest BCUT2D eigenvalue weighted by Crippen LogP contribution is -2.34. The molecule has 2 heteroatoms. The van der Waals surface area contributed by atoms with Crippen molar-refractivity contribution in [1.82, 2.24) is 5.32 Å². The third-order valence-corrected chi connectivity index (χ3v) is 4.38. The molecular weight excluding hydrogens is 220 g/mol. The van der Waals surface area contributed by atoms with E-state index in [-0.39, 0.29) is 0 Å². The number of hydrogen-bond acceptors (Lipinski definition) is 2. The monoisotopic (exact) mass is 244 g/mol. The maximum absolute atomic E-state index is 3.65. The zero-order chi connectivity index (χ0) is 12.2. The molecule has 1 unspecified atom stereocenters. The Morgan fingerprint density at radius 2 is 2.17 bits per heavy atom. The van der Waals surface area contributed by atoms with Crippen LogP contribution in [0.15, 0.2) is 24.3 Å². The minimum absolute atomic E-state index is 0.789. The summed E-state index contributed by atoms with van der Waals surface area (Å²) in [5.41, 5.74) is 3.02. The molecule has 0 aliphatic carbocycles. The van der Waals surface area contributed by atoms with E-state index in [1.54, 1.807) is 0 Å². The van der Waals surface area contributed by atoms with Crippen LogP contribution in [0.1, 0.15) is 37.7 Å². The standard InChI is InChI=1S/C16H24N2/c1-2-9-16-14(6-1)10-13-18(16)12-5-8-15-7-3-4-11-17-15/h1-2,6,9,15,17H,3-5,7-8,10-13H2. The molecule has 2 heterocycles. The Kier molecular flexibility index (Phi) is 3.84. The fraction of sp³-hybridized carbons (Fsp3) is 0.625. The molecule has 3 rings (SSSR count). The molecule has 0 saturated carbocycles. The van der Waals surface area contributed by atoms with Gasteiger partial charge in [0.25, 0.3) is 0 Å². The lowest BCUT2D eigenvalue weighted by atomic mass is 10.0. The number of rotatable bonds is 4. The summed E-state index contributed by atoms with van der Waals surface area (Å²) in [7, 11) is 0. The molecule has 1 aromatic carbocycles. The lowest BCUT2D eigenvalue weighted by molar-refractivity contribution is 0.376. The number of benzene rings is 1. The van der Waals surface area contributed by atoms with Gasteiger partial charge in [0, 0.05) is 24.8 Å². The Morgan fingerprint density at radius 3 is 3.06 bits per heavy atom. The van der Waals surface area contributed by atoms with Crippen molar-refractivity contribution in [2.75, 3.05) is 24.5 Å². The van der Waals surface area contributed by atoms with Crippen molar-refractivity contribution in [2.24, 2.45) is 0 Å². The Labute approximate surface area is 110 Å². The van der Waals surface area contributed by atoms with Crippen molar-refractivity contribution in [1.29, 1.82) is 0 Å². The van der Waals surface area contributed by atoms with Gasteiger partial charge in [0.15, 0.2) is 0 Å². The molecule has 1 saturated heterocycles. The number of fused-ring (bicyclic) bond motifs is 1. The summed E-state index contributed by atoms with van der Waals surface area (Å²) in [5.74, 6) is 0. The van der Waals surface area contributed by atoms with Crippen molar-refractivity contribution < 1.29 is 0 Å². The van der Waals surface area contributed by atoms with Crippen molar-refractivity contribution in [3.8, 4) is 0 Å². The third kappa shape index (κ3) is 2.69. The van der Waals surface area contributed by atoms with Crippen LogP contribution in [0.5, 0.6) is 0 Å². The van der Waals surface area contributed by atoms with Gasteiger partial charge in [-0.15, -0.1) is 0 Å². The number of piperidine rings is 1. The van der Waals surface area contributed by atoms with Gasteiger partial charge in [-0.25, -0.2) is 0 Å². The van der Waals surface area contributed by atoms with E-state index in [2.05, 4.69) is 34.5 Å². The number of hydrogen-bond donors (Lipinski definition) is 1. The largest absolute Gasteiger partial charge is 0.371 e. The maximum atomic E-state index is 3.65. The zero-order valence-corrected chi connectivity index (χ0v) is 11.2. The second-order valence-electron chi connectivity index (χ2n) is 5.65. The average molecular weight is 244 g/mol. The Balaban J connectivity index is 1.47. The van der Waals surface area contributed by atoms with E-state index >= 15 is 0 Å². The van der Waals surface area contributed by atoms with Gasteiger partial charge in [0.1, 0.15) is 0 Å².